The average molecular weight is 491 g/mol. The van der Waals surface area contributed by atoms with Gasteiger partial charge in [0.05, 0.1) is 38.6 Å². The topological polar surface area (TPSA) is 77.4 Å². The molecule has 6 heteroatoms. The molecule has 0 amide bonds. The van der Waals surface area contributed by atoms with Gasteiger partial charge in [0.1, 0.15) is 24.7 Å². The average Bonchev–Trinajstić information content (AvgIpc) is 2.86. The van der Waals surface area contributed by atoms with Gasteiger partial charge in [-0.3, -0.25) is 0 Å². The van der Waals surface area contributed by atoms with Crippen molar-refractivity contribution in [2.45, 2.75) is 39.3 Å². The molecule has 36 heavy (non-hydrogen) atoms. The van der Waals surface area contributed by atoms with Crippen LogP contribution >= 0.6 is 0 Å². The molecule has 0 saturated heterocycles. The lowest BCUT2D eigenvalue weighted by Gasteiger charge is -2.11. The van der Waals surface area contributed by atoms with Crippen molar-refractivity contribution in [2.24, 2.45) is 0 Å². The predicted molar refractivity (Wildman–Crippen MR) is 142 cm³/mol. The number of aliphatic hydroxyl groups excluding tert-OH is 2. The summed E-state index contributed by atoms with van der Waals surface area (Å²) in [7, 11) is 0. The van der Waals surface area contributed by atoms with Crippen LogP contribution in [-0.2, 0) is 22.7 Å². The van der Waals surface area contributed by atoms with E-state index in [1.54, 1.807) is 13.8 Å². The number of fused-ring (bicyclic) bond motifs is 2. The molecule has 2 unspecified atom stereocenters. The molecule has 0 radical (unpaired) electrons. The highest BCUT2D eigenvalue weighted by Crippen LogP contribution is 2.24. The van der Waals surface area contributed by atoms with Gasteiger partial charge < -0.3 is 29.2 Å². The van der Waals surface area contributed by atoms with Gasteiger partial charge in [-0.25, -0.2) is 0 Å². The highest BCUT2D eigenvalue weighted by atomic mass is 16.5. The lowest BCUT2D eigenvalue weighted by molar-refractivity contribution is 0.0376. The van der Waals surface area contributed by atoms with Gasteiger partial charge in [0.2, 0.25) is 0 Å². The number of ether oxygens (including phenoxy) is 4. The minimum absolute atomic E-state index is 0.327. The van der Waals surface area contributed by atoms with Crippen LogP contribution in [0.25, 0.3) is 21.5 Å². The molecular formula is C30H34O6. The third kappa shape index (κ3) is 7.67. The molecule has 0 spiro atoms. The molecular weight excluding hydrogens is 456 g/mol. The van der Waals surface area contributed by atoms with Crippen molar-refractivity contribution >= 4 is 21.5 Å². The van der Waals surface area contributed by atoms with Crippen molar-refractivity contribution in [1.82, 2.24) is 0 Å². The van der Waals surface area contributed by atoms with Gasteiger partial charge in [0.15, 0.2) is 0 Å². The maximum atomic E-state index is 9.32. The summed E-state index contributed by atoms with van der Waals surface area (Å²) in [5.74, 6) is 1.60. The molecule has 4 rings (SSSR count). The molecule has 0 aliphatic carbocycles. The van der Waals surface area contributed by atoms with Crippen LogP contribution in [0, 0.1) is 0 Å². The minimum atomic E-state index is -0.462. The SMILES string of the molecule is CC(O)COCc1ccc2cc(OCCOc3ccc4cc(COCC(C)O)ccc4c3)ccc2c1. The zero-order chi connectivity index (χ0) is 25.3. The summed E-state index contributed by atoms with van der Waals surface area (Å²) in [5.41, 5.74) is 2.14. The third-order valence-corrected chi connectivity index (χ3v) is 5.63. The molecule has 4 aromatic carbocycles. The van der Waals surface area contributed by atoms with Crippen LogP contribution in [0.3, 0.4) is 0 Å². The number of hydrogen-bond donors (Lipinski definition) is 2. The van der Waals surface area contributed by atoms with E-state index < -0.39 is 12.2 Å². The van der Waals surface area contributed by atoms with Crippen LogP contribution in [0.5, 0.6) is 11.5 Å². The molecule has 0 aliphatic rings. The van der Waals surface area contributed by atoms with E-state index in [0.717, 1.165) is 44.2 Å². The third-order valence-electron chi connectivity index (χ3n) is 5.63. The number of benzene rings is 4. The first kappa shape index (κ1) is 25.9. The van der Waals surface area contributed by atoms with Gasteiger partial charge in [-0.2, -0.15) is 0 Å². The second-order valence-corrected chi connectivity index (χ2v) is 9.11. The van der Waals surface area contributed by atoms with Crippen LogP contribution < -0.4 is 9.47 Å². The van der Waals surface area contributed by atoms with E-state index >= 15 is 0 Å². The molecule has 2 atom stereocenters. The van der Waals surface area contributed by atoms with Crippen molar-refractivity contribution in [3.05, 3.63) is 83.9 Å². The number of rotatable bonds is 13. The van der Waals surface area contributed by atoms with Gasteiger partial charge in [0.25, 0.3) is 0 Å². The molecule has 0 aliphatic heterocycles. The maximum Gasteiger partial charge on any atom is 0.122 e. The second-order valence-electron chi connectivity index (χ2n) is 9.11. The largest absolute Gasteiger partial charge is 0.490 e. The molecule has 6 nitrogen and oxygen atoms in total. The molecule has 0 saturated carbocycles. The second kappa shape index (κ2) is 12.7. The van der Waals surface area contributed by atoms with Gasteiger partial charge in [-0.1, -0.05) is 36.4 Å². The summed E-state index contributed by atoms with van der Waals surface area (Å²) < 4.78 is 22.8. The van der Waals surface area contributed by atoms with E-state index in [2.05, 4.69) is 24.3 Å². The van der Waals surface area contributed by atoms with Crippen LogP contribution in [0.2, 0.25) is 0 Å². The first-order valence-corrected chi connectivity index (χ1v) is 12.3. The monoisotopic (exact) mass is 490 g/mol. The van der Waals surface area contributed by atoms with E-state index in [-0.39, 0.29) is 0 Å². The highest BCUT2D eigenvalue weighted by Gasteiger charge is 2.04. The fourth-order valence-electron chi connectivity index (χ4n) is 3.92. The summed E-state index contributed by atoms with van der Waals surface area (Å²) in [4.78, 5) is 0. The summed E-state index contributed by atoms with van der Waals surface area (Å²) in [6.07, 6.45) is -0.923. The molecule has 190 valence electrons. The zero-order valence-electron chi connectivity index (χ0n) is 20.9. The Bertz CT molecular complexity index is 1170. The predicted octanol–water partition coefficient (Wildman–Crippen LogP) is 5.25. The maximum absolute atomic E-state index is 9.32. The van der Waals surface area contributed by atoms with Gasteiger partial charge >= 0.3 is 0 Å². The molecule has 0 fully saturated rings. The lowest BCUT2D eigenvalue weighted by atomic mass is 10.1. The lowest BCUT2D eigenvalue weighted by Crippen LogP contribution is -2.10. The van der Waals surface area contributed by atoms with Gasteiger partial charge in [0, 0.05) is 0 Å². The first-order valence-electron chi connectivity index (χ1n) is 12.3. The van der Waals surface area contributed by atoms with Crippen molar-refractivity contribution in [2.75, 3.05) is 26.4 Å². The Balaban J connectivity index is 1.26. The van der Waals surface area contributed by atoms with E-state index in [9.17, 15) is 10.2 Å². The van der Waals surface area contributed by atoms with Crippen LogP contribution in [0.4, 0.5) is 0 Å². The Morgan fingerprint density at radius 3 is 1.36 bits per heavy atom. The molecule has 0 aromatic heterocycles. The molecule has 2 N–H and O–H groups in total. The van der Waals surface area contributed by atoms with E-state index in [4.69, 9.17) is 18.9 Å². The zero-order valence-corrected chi connectivity index (χ0v) is 20.9. The summed E-state index contributed by atoms with van der Waals surface area (Å²) in [6.45, 7) is 5.91. The molecule has 0 bridgehead atoms. The van der Waals surface area contributed by atoms with Crippen LogP contribution in [0.15, 0.2) is 72.8 Å². The van der Waals surface area contributed by atoms with Crippen molar-refractivity contribution < 1.29 is 29.2 Å². The van der Waals surface area contributed by atoms with Crippen molar-refractivity contribution in [3.8, 4) is 11.5 Å². The summed E-state index contributed by atoms with van der Waals surface area (Å²) in [6, 6.07) is 24.4. The number of hydrogen-bond acceptors (Lipinski definition) is 6. The van der Waals surface area contributed by atoms with Crippen molar-refractivity contribution in [1.29, 1.82) is 0 Å². The first-order chi connectivity index (χ1) is 17.5. The molecule has 4 aromatic rings. The van der Waals surface area contributed by atoms with Crippen molar-refractivity contribution in [3.63, 3.8) is 0 Å². The van der Waals surface area contributed by atoms with E-state index in [1.807, 2.05) is 48.5 Å². The smallest absolute Gasteiger partial charge is 0.122 e. The Labute approximate surface area is 212 Å². The van der Waals surface area contributed by atoms with Crippen LogP contribution in [-0.4, -0.2) is 48.8 Å². The Morgan fingerprint density at radius 2 is 0.944 bits per heavy atom. The quantitative estimate of drug-likeness (QED) is 0.250. The Hall–Kier alpha value is -3.16. The minimum Gasteiger partial charge on any atom is -0.490 e. The molecule has 0 heterocycles. The number of aliphatic hydroxyl groups is 2. The fraction of sp³-hybridized carbons (Fsp3) is 0.333. The standard InChI is InChI=1S/C30H34O6/c1-21(31)17-33-19-23-3-5-27-15-29(9-7-25(27)13-23)35-11-12-36-30-10-8-26-14-24(4-6-28(26)16-30)20-34-18-22(2)32/h3-10,13-16,21-22,31-32H,11-12,17-20H2,1-2H3. The van der Waals surface area contributed by atoms with Crippen LogP contribution in [0.1, 0.15) is 25.0 Å². The Kier molecular flexibility index (Phi) is 9.14. The van der Waals surface area contributed by atoms with Gasteiger partial charge in [-0.05, 0) is 82.9 Å². The van der Waals surface area contributed by atoms with E-state index in [1.165, 1.54) is 0 Å². The fourth-order valence-corrected chi connectivity index (χ4v) is 3.92. The summed E-state index contributed by atoms with van der Waals surface area (Å²) >= 11 is 0. The summed E-state index contributed by atoms with van der Waals surface area (Å²) in [5, 5.41) is 23.1. The normalized spacial score (nSPS) is 13.1. The van der Waals surface area contributed by atoms with Gasteiger partial charge in [-0.15, -0.1) is 0 Å². The van der Waals surface area contributed by atoms with E-state index in [0.29, 0.717) is 39.6 Å². The highest BCUT2D eigenvalue weighted by molar-refractivity contribution is 5.85. The Morgan fingerprint density at radius 1 is 0.556 bits per heavy atom.